The van der Waals surface area contributed by atoms with E-state index in [4.69, 9.17) is 5.73 Å². The second-order valence-corrected chi connectivity index (χ2v) is 8.65. The van der Waals surface area contributed by atoms with Crippen LogP contribution >= 0.6 is 0 Å². The van der Waals surface area contributed by atoms with Crippen molar-refractivity contribution in [3.8, 4) is 0 Å². The van der Waals surface area contributed by atoms with Crippen molar-refractivity contribution in [1.29, 1.82) is 0 Å². The minimum Gasteiger partial charge on any atom is -1.00 e. The fraction of sp³-hybridized carbons (Fsp3) is 0.346. The molecule has 1 fully saturated rings. The van der Waals surface area contributed by atoms with E-state index in [1.54, 1.807) is 6.92 Å². The van der Waals surface area contributed by atoms with Crippen molar-refractivity contribution in [1.82, 2.24) is 4.57 Å². The number of primary amides is 1. The number of nitrogens with zero attached hydrogens (tertiary/aromatic N) is 2. The Labute approximate surface area is 200 Å². The molecule has 1 amide bonds. The van der Waals surface area contributed by atoms with Crippen molar-refractivity contribution in [3.05, 3.63) is 90.0 Å². The predicted octanol–water partition coefficient (Wildman–Crippen LogP) is 0.490. The molecule has 2 aromatic carbocycles. The Kier molecular flexibility index (Phi) is 7.34. The first-order valence-electron chi connectivity index (χ1n) is 10.9. The molecule has 5 nitrogen and oxygen atoms in total. The Morgan fingerprint density at radius 1 is 1.03 bits per heavy atom. The lowest BCUT2D eigenvalue weighted by molar-refractivity contribution is -0.689. The second-order valence-electron chi connectivity index (χ2n) is 8.65. The number of carbonyl (C=O) groups is 2. The van der Waals surface area contributed by atoms with E-state index in [1.807, 2.05) is 78.4 Å². The Morgan fingerprint density at radius 2 is 1.59 bits per heavy atom. The molecule has 1 saturated carbocycles. The van der Waals surface area contributed by atoms with E-state index >= 15 is 0 Å². The number of hydrogen-bond donors (Lipinski definition) is 1. The fourth-order valence-electron chi connectivity index (χ4n) is 5.44. The summed E-state index contributed by atoms with van der Waals surface area (Å²) in [6, 6.07) is 20.2. The highest BCUT2D eigenvalue weighted by Crippen LogP contribution is 2.49. The topological polar surface area (TPSA) is 69.0 Å². The Hall–Kier alpha value is -2.73. The highest BCUT2D eigenvalue weighted by molar-refractivity contribution is 5.91. The van der Waals surface area contributed by atoms with E-state index in [1.165, 1.54) is 0 Å². The van der Waals surface area contributed by atoms with E-state index in [0.29, 0.717) is 6.54 Å². The first kappa shape index (κ1) is 23.9. The van der Waals surface area contributed by atoms with Crippen LogP contribution in [0.2, 0.25) is 0 Å². The van der Waals surface area contributed by atoms with E-state index in [0.717, 1.165) is 36.2 Å². The molecule has 2 N–H and O–H groups in total. The second kappa shape index (κ2) is 9.82. The van der Waals surface area contributed by atoms with Crippen molar-refractivity contribution >= 4 is 11.7 Å². The molecule has 1 aromatic heterocycles. The summed E-state index contributed by atoms with van der Waals surface area (Å²) in [6.07, 6.45) is 6.75. The van der Waals surface area contributed by atoms with Crippen LogP contribution in [0.5, 0.6) is 0 Å². The van der Waals surface area contributed by atoms with E-state index in [-0.39, 0.29) is 40.6 Å². The van der Waals surface area contributed by atoms with Crippen molar-refractivity contribution in [2.24, 2.45) is 11.7 Å². The maximum absolute atomic E-state index is 13.2. The summed E-state index contributed by atoms with van der Waals surface area (Å²) in [5.41, 5.74) is 7.24. The van der Waals surface area contributed by atoms with Gasteiger partial charge in [-0.3, -0.25) is 9.59 Å². The minimum atomic E-state index is -0.867. The largest absolute Gasteiger partial charge is 1.00 e. The fourth-order valence-corrected chi connectivity index (χ4v) is 5.44. The van der Waals surface area contributed by atoms with Crippen LogP contribution in [0.25, 0.3) is 0 Å². The predicted molar refractivity (Wildman–Crippen MR) is 119 cm³/mol. The summed E-state index contributed by atoms with van der Waals surface area (Å²) < 4.78 is 4.25. The van der Waals surface area contributed by atoms with Crippen LogP contribution in [-0.2, 0) is 21.5 Å². The highest BCUT2D eigenvalue weighted by atomic mass is 79.9. The smallest absolute Gasteiger partial charge is 0.253 e. The summed E-state index contributed by atoms with van der Waals surface area (Å²) in [6.45, 7) is 4.04. The number of rotatable bonds is 7. The third kappa shape index (κ3) is 4.16. The van der Waals surface area contributed by atoms with Gasteiger partial charge in [0.25, 0.3) is 5.82 Å². The lowest BCUT2D eigenvalue weighted by Crippen LogP contribution is -3.00. The summed E-state index contributed by atoms with van der Waals surface area (Å²) in [5, 5.41) is 0. The van der Waals surface area contributed by atoms with Gasteiger partial charge in [-0.05, 0) is 43.2 Å². The number of carbonyl (C=O) groups excluding carboxylic acids is 2. The molecule has 32 heavy (non-hydrogen) atoms. The molecule has 2 atom stereocenters. The Bertz CT molecular complexity index is 1040. The van der Waals surface area contributed by atoms with Gasteiger partial charge in [0.05, 0.1) is 0 Å². The lowest BCUT2D eigenvalue weighted by Gasteiger charge is -2.37. The van der Waals surface area contributed by atoms with Gasteiger partial charge >= 0.3 is 0 Å². The quantitative estimate of drug-likeness (QED) is 0.484. The molecule has 0 radical (unpaired) electrons. The Morgan fingerprint density at radius 3 is 2.09 bits per heavy atom. The van der Waals surface area contributed by atoms with E-state index in [2.05, 4.69) is 10.8 Å². The molecule has 0 aliphatic heterocycles. The molecule has 6 heteroatoms. The van der Waals surface area contributed by atoms with Gasteiger partial charge in [-0.2, -0.15) is 0 Å². The van der Waals surface area contributed by atoms with Crippen LogP contribution < -0.4 is 27.3 Å². The minimum absolute atomic E-state index is 0. The molecule has 1 aliphatic carbocycles. The summed E-state index contributed by atoms with van der Waals surface area (Å²) in [7, 11) is 0. The third-order valence-corrected chi connectivity index (χ3v) is 6.85. The zero-order valence-electron chi connectivity index (χ0n) is 18.6. The standard InChI is InChI=1S/C26H29N3O2.BrH/c1-19(30)18-28-15-16-29(20(28)2)24-14-13-23(17-24)26(25(27)31,21-9-5-3-6-10-21)22-11-7-4-8-12-22;/h3-12,15-16,23-24H,13-14,17-18H2,1-2H3,(H-,27,31);1H. The van der Waals surface area contributed by atoms with Crippen LogP contribution in [0.3, 0.4) is 0 Å². The van der Waals surface area contributed by atoms with Crippen molar-refractivity contribution in [2.75, 3.05) is 0 Å². The normalized spacial score (nSPS) is 18.2. The van der Waals surface area contributed by atoms with Gasteiger partial charge in [0.2, 0.25) is 5.91 Å². The number of halogens is 1. The molecule has 1 heterocycles. The number of amides is 1. The van der Waals surface area contributed by atoms with Crippen LogP contribution in [0.4, 0.5) is 0 Å². The van der Waals surface area contributed by atoms with Crippen LogP contribution in [0.15, 0.2) is 73.1 Å². The number of nitrogens with two attached hydrogens (primary N) is 1. The first-order valence-corrected chi connectivity index (χ1v) is 10.9. The highest BCUT2D eigenvalue weighted by Gasteiger charge is 2.51. The van der Waals surface area contributed by atoms with Gasteiger partial charge in [-0.15, -0.1) is 0 Å². The van der Waals surface area contributed by atoms with Crippen molar-refractivity contribution in [3.63, 3.8) is 0 Å². The molecule has 1 aliphatic rings. The maximum atomic E-state index is 13.2. The monoisotopic (exact) mass is 495 g/mol. The van der Waals surface area contributed by atoms with Gasteiger partial charge in [-0.1, -0.05) is 60.7 Å². The SMILES string of the molecule is CC(=O)C[n+]1ccn(C2CCC(C(C(N)=O)(c3ccccc3)c3ccccc3)C2)c1C.[Br-]. The number of benzene rings is 2. The summed E-state index contributed by atoms with van der Waals surface area (Å²) in [4.78, 5) is 24.8. The van der Waals surface area contributed by atoms with Crippen LogP contribution in [0, 0.1) is 12.8 Å². The third-order valence-electron chi connectivity index (χ3n) is 6.85. The molecule has 0 saturated heterocycles. The summed E-state index contributed by atoms with van der Waals surface area (Å²) in [5.74, 6) is 0.982. The molecule has 0 spiro atoms. The van der Waals surface area contributed by atoms with Gasteiger partial charge in [0.15, 0.2) is 5.78 Å². The summed E-state index contributed by atoms with van der Waals surface area (Å²) >= 11 is 0. The molecular weight excluding hydrogens is 466 g/mol. The number of hydrogen-bond acceptors (Lipinski definition) is 2. The number of imidazole rings is 1. The molecule has 0 bridgehead atoms. The number of ketones is 1. The molecular formula is C26H30BrN3O2. The molecule has 168 valence electrons. The van der Waals surface area contributed by atoms with Gasteiger partial charge < -0.3 is 22.7 Å². The van der Waals surface area contributed by atoms with E-state index < -0.39 is 5.41 Å². The number of aromatic nitrogens is 2. The molecule has 3 aromatic rings. The maximum Gasteiger partial charge on any atom is 0.253 e. The van der Waals surface area contributed by atoms with Gasteiger partial charge in [0, 0.05) is 6.92 Å². The van der Waals surface area contributed by atoms with Gasteiger partial charge in [0.1, 0.15) is 30.4 Å². The zero-order valence-corrected chi connectivity index (χ0v) is 20.2. The lowest BCUT2D eigenvalue weighted by atomic mass is 9.64. The van der Waals surface area contributed by atoms with Crippen molar-refractivity contribution in [2.45, 2.75) is 51.1 Å². The van der Waals surface area contributed by atoms with Crippen LogP contribution in [-0.4, -0.2) is 16.3 Å². The van der Waals surface area contributed by atoms with Crippen molar-refractivity contribution < 1.29 is 31.1 Å². The van der Waals surface area contributed by atoms with E-state index in [9.17, 15) is 9.59 Å². The molecule has 2 unspecified atom stereocenters. The molecule has 4 rings (SSSR count). The average Bonchev–Trinajstić information content (AvgIpc) is 3.37. The first-order chi connectivity index (χ1) is 14.9. The zero-order chi connectivity index (χ0) is 22.0. The van der Waals surface area contributed by atoms with Gasteiger partial charge in [-0.25, -0.2) is 9.13 Å². The Balaban J connectivity index is 0.00000289. The van der Waals surface area contributed by atoms with Crippen LogP contribution in [0.1, 0.15) is 49.2 Å². The average molecular weight is 496 g/mol. The number of Topliss-reactive ketones (excluding diaryl/α,β-unsaturated/α-hetero) is 1.